The molecule has 1 aromatic heterocycles. The van der Waals surface area contributed by atoms with Crippen molar-refractivity contribution in [1.82, 2.24) is 9.88 Å². The molecule has 0 radical (unpaired) electrons. The number of nitrogen functional groups attached to an aromatic ring is 1. The average Bonchev–Trinajstić information content (AvgIpc) is 3.20. The fourth-order valence-corrected chi connectivity index (χ4v) is 1.95. The van der Waals surface area contributed by atoms with Gasteiger partial charge in [-0.25, -0.2) is 0 Å². The Bertz CT molecular complexity index is 406. The molecule has 5 heteroatoms. The molecule has 1 saturated carbocycles. The maximum atomic E-state index is 5.73. The van der Waals surface area contributed by atoms with Crippen molar-refractivity contribution in [3.8, 4) is 5.88 Å². The lowest BCUT2D eigenvalue weighted by molar-refractivity contribution is 0.257. The molecule has 1 aliphatic rings. The molecule has 1 atom stereocenters. The third kappa shape index (κ3) is 3.04. The van der Waals surface area contributed by atoms with E-state index in [0.29, 0.717) is 17.6 Å². The van der Waals surface area contributed by atoms with Gasteiger partial charge in [-0.1, -0.05) is 0 Å². The Kier molecular flexibility index (Phi) is 3.91. The normalized spacial score (nSPS) is 16.7. The van der Waals surface area contributed by atoms with Crippen molar-refractivity contribution in [2.24, 2.45) is 0 Å². The summed E-state index contributed by atoms with van der Waals surface area (Å²) in [5.74, 6) is 1.28. The first-order valence-electron chi connectivity index (χ1n) is 6.38. The van der Waals surface area contributed by atoms with Crippen LogP contribution in [0.4, 0.5) is 11.5 Å². The standard InChI is InChI=1S/C13H22N4O/c1-9(17(2)10-4-5-10)8-15-12-7-6-11(14)13(16-12)18-3/h6-7,9-10H,4-5,8,14H2,1-3H3,(H,15,16). The molecule has 2 rings (SSSR count). The Morgan fingerprint density at radius 3 is 2.89 bits per heavy atom. The van der Waals surface area contributed by atoms with Crippen molar-refractivity contribution in [2.75, 3.05) is 31.8 Å². The molecule has 100 valence electrons. The van der Waals surface area contributed by atoms with Crippen molar-refractivity contribution in [2.45, 2.75) is 31.8 Å². The van der Waals surface area contributed by atoms with Crippen LogP contribution in [0.5, 0.6) is 5.88 Å². The number of hydrogen-bond acceptors (Lipinski definition) is 5. The number of ether oxygens (including phenoxy) is 1. The van der Waals surface area contributed by atoms with Crippen LogP contribution in [0.1, 0.15) is 19.8 Å². The third-order valence-electron chi connectivity index (χ3n) is 3.48. The first kappa shape index (κ1) is 13.0. The number of nitrogens with two attached hydrogens (primary N) is 1. The molecule has 0 amide bonds. The maximum absolute atomic E-state index is 5.73. The number of hydrogen-bond donors (Lipinski definition) is 2. The summed E-state index contributed by atoms with van der Waals surface area (Å²) in [7, 11) is 3.76. The highest BCUT2D eigenvalue weighted by molar-refractivity contribution is 5.53. The zero-order valence-electron chi connectivity index (χ0n) is 11.3. The molecule has 5 nitrogen and oxygen atoms in total. The number of pyridine rings is 1. The van der Waals surface area contributed by atoms with Crippen molar-refractivity contribution >= 4 is 11.5 Å². The second kappa shape index (κ2) is 5.44. The van der Waals surface area contributed by atoms with Gasteiger partial charge in [-0.05, 0) is 38.9 Å². The molecule has 1 aromatic rings. The summed E-state index contributed by atoms with van der Waals surface area (Å²) in [5.41, 5.74) is 6.29. The van der Waals surface area contributed by atoms with Crippen LogP contribution in [0.15, 0.2) is 12.1 Å². The lowest BCUT2D eigenvalue weighted by atomic mass is 10.3. The number of methoxy groups -OCH3 is 1. The molecule has 0 aliphatic heterocycles. The van der Waals surface area contributed by atoms with E-state index in [4.69, 9.17) is 10.5 Å². The van der Waals surface area contributed by atoms with E-state index in [9.17, 15) is 0 Å². The Hall–Kier alpha value is -1.49. The largest absolute Gasteiger partial charge is 0.479 e. The molecule has 18 heavy (non-hydrogen) atoms. The minimum Gasteiger partial charge on any atom is -0.479 e. The predicted molar refractivity (Wildman–Crippen MR) is 73.9 cm³/mol. The number of rotatable bonds is 6. The van der Waals surface area contributed by atoms with Gasteiger partial charge in [-0.2, -0.15) is 4.98 Å². The topological polar surface area (TPSA) is 63.4 Å². The summed E-state index contributed by atoms with van der Waals surface area (Å²) in [6.45, 7) is 3.09. The highest BCUT2D eigenvalue weighted by Gasteiger charge is 2.28. The van der Waals surface area contributed by atoms with Gasteiger partial charge in [0, 0.05) is 18.6 Å². The van der Waals surface area contributed by atoms with Crippen molar-refractivity contribution in [1.29, 1.82) is 0 Å². The van der Waals surface area contributed by atoms with Gasteiger partial charge in [0.2, 0.25) is 5.88 Å². The van der Waals surface area contributed by atoms with Crippen LogP contribution >= 0.6 is 0 Å². The number of nitrogens with zero attached hydrogens (tertiary/aromatic N) is 2. The second-order valence-electron chi connectivity index (χ2n) is 4.92. The zero-order chi connectivity index (χ0) is 13.1. The fourth-order valence-electron chi connectivity index (χ4n) is 1.95. The monoisotopic (exact) mass is 250 g/mol. The summed E-state index contributed by atoms with van der Waals surface area (Å²) >= 11 is 0. The van der Waals surface area contributed by atoms with E-state index in [1.54, 1.807) is 7.11 Å². The highest BCUT2D eigenvalue weighted by atomic mass is 16.5. The van der Waals surface area contributed by atoms with Gasteiger partial charge in [0.05, 0.1) is 12.8 Å². The highest BCUT2D eigenvalue weighted by Crippen LogP contribution is 2.27. The summed E-state index contributed by atoms with van der Waals surface area (Å²) < 4.78 is 5.10. The second-order valence-corrected chi connectivity index (χ2v) is 4.92. The van der Waals surface area contributed by atoms with Crippen LogP contribution < -0.4 is 15.8 Å². The average molecular weight is 250 g/mol. The van der Waals surface area contributed by atoms with Crippen LogP contribution in [0.3, 0.4) is 0 Å². The molecule has 0 saturated heterocycles. The Labute approximate surface area is 108 Å². The molecule has 1 heterocycles. The molecule has 3 N–H and O–H groups in total. The van der Waals surface area contributed by atoms with Gasteiger partial charge in [-0.15, -0.1) is 0 Å². The minimum absolute atomic E-state index is 0.475. The summed E-state index contributed by atoms with van der Waals surface area (Å²) in [6.07, 6.45) is 2.66. The Morgan fingerprint density at radius 1 is 1.56 bits per heavy atom. The quantitative estimate of drug-likeness (QED) is 0.802. The maximum Gasteiger partial charge on any atom is 0.238 e. The zero-order valence-corrected chi connectivity index (χ0v) is 11.3. The van der Waals surface area contributed by atoms with Gasteiger partial charge >= 0.3 is 0 Å². The summed E-state index contributed by atoms with van der Waals surface area (Å²) in [5, 5.41) is 3.32. The SMILES string of the molecule is COc1nc(NCC(C)N(C)C2CC2)ccc1N. The lowest BCUT2D eigenvalue weighted by Crippen LogP contribution is -2.36. The number of nitrogens with one attached hydrogen (secondary N) is 1. The summed E-state index contributed by atoms with van der Waals surface area (Å²) in [4.78, 5) is 6.72. The van der Waals surface area contributed by atoms with Gasteiger partial charge in [0.25, 0.3) is 0 Å². The van der Waals surface area contributed by atoms with Gasteiger partial charge in [0.1, 0.15) is 5.82 Å². The molecule has 1 fully saturated rings. The third-order valence-corrected chi connectivity index (χ3v) is 3.48. The predicted octanol–water partition coefficient (Wildman–Crippen LogP) is 1.57. The van der Waals surface area contributed by atoms with E-state index in [1.165, 1.54) is 12.8 Å². The molecular formula is C13H22N4O. The Morgan fingerprint density at radius 2 is 2.28 bits per heavy atom. The van der Waals surface area contributed by atoms with Crippen molar-refractivity contribution < 1.29 is 4.74 Å². The number of likely N-dealkylation sites (N-methyl/N-ethyl adjacent to an activating group) is 1. The smallest absolute Gasteiger partial charge is 0.238 e. The molecule has 0 spiro atoms. The van der Waals surface area contributed by atoms with Crippen LogP contribution in [0.2, 0.25) is 0 Å². The van der Waals surface area contributed by atoms with E-state index in [-0.39, 0.29) is 0 Å². The first-order chi connectivity index (χ1) is 8.61. The van der Waals surface area contributed by atoms with Crippen LogP contribution in [-0.2, 0) is 0 Å². The van der Waals surface area contributed by atoms with Crippen LogP contribution in [-0.4, -0.2) is 42.7 Å². The molecule has 0 aromatic carbocycles. The van der Waals surface area contributed by atoms with Gasteiger partial charge in [-0.3, -0.25) is 4.90 Å². The molecule has 1 unspecified atom stereocenters. The van der Waals surface area contributed by atoms with E-state index in [2.05, 4.69) is 29.2 Å². The van der Waals surface area contributed by atoms with Crippen LogP contribution in [0, 0.1) is 0 Å². The molecule has 1 aliphatic carbocycles. The minimum atomic E-state index is 0.475. The van der Waals surface area contributed by atoms with Gasteiger partial charge in [0.15, 0.2) is 0 Å². The van der Waals surface area contributed by atoms with E-state index in [1.807, 2.05) is 12.1 Å². The number of aromatic nitrogens is 1. The fraction of sp³-hybridized carbons (Fsp3) is 0.615. The number of anilines is 2. The first-order valence-corrected chi connectivity index (χ1v) is 6.38. The van der Waals surface area contributed by atoms with Crippen molar-refractivity contribution in [3.63, 3.8) is 0 Å². The lowest BCUT2D eigenvalue weighted by Gasteiger charge is -2.24. The molecular weight excluding hydrogens is 228 g/mol. The van der Waals surface area contributed by atoms with Crippen LogP contribution in [0.25, 0.3) is 0 Å². The van der Waals surface area contributed by atoms with E-state index < -0.39 is 0 Å². The summed E-state index contributed by atoms with van der Waals surface area (Å²) in [6, 6.07) is 4.95. The Balaban J connectivity index is 1.89. The van der Waals surface area contributed by atoms with E-state index in [0.717, 1.165) is 18.4 Å². The van der Waals surface area contributed by atoms with Gasteiger partial charge < -0.3 is 15.8 Å². The molecule has 0 bridgehead atoms. The van der Waals surface area contributed by atoms with Crippen molar-refractivity contribution in [3.05, 3.63) is 12.1 Å². The van der Waals surface area contributed by atoms with E-state index >= 15 is 0 Å².